The van der Waals surface area contributed by atoms with Crippen LogP contribution in [-0.2, 0) is 10.0 Å². The van der Waals surface area contributed by atoms with Gasteiger partial charge in [-0.25, -0.2) is 8.42 Å². The predicted molar refractivity (Wildman–Crippen MR) is 91.3 cm³/mol. The molecule has 0 spiro atoms. The first-order valence-corrected chi connectivity index (χ1v) is 9.90. The van der Waals surface area contributed by atoms with E-state index in [1.54, 1.807) is 18.2 Å². The number of thiophene rings is 1. The molecule has 1 aromatic carbocycles. The highest BCUT2D eigenvalue weighted by atomic mass is 32.2. The van der Waals surface area contributed by atoms with Crippen molar-refractivity contribution in [3.8, 4) is 0 Å². The molecule has 0 N–H and O–H groups in total. The molecule has 122 valence electrons. The minimum absolute atomic E-state index is 0.0351. The first-order chi connectivity index (χ1) is 11.0. The summed E-state index contributed by atoms with van der Waals surface area (Å²) in [4.78, 5) is 13.6. The second kappa shape index (κ2) is 6.55. The highest BCUT2D eigenvalue weighted by Gasteiger charge is 2.34. The summed E-state index contributed by atoms with van der Waals surface area (Å²) in [6.45, 7) is 2.65. The Labute approximate surface area is 140 Å². The maximum atomic E-state index is 12.7. The van der Waals surface area contributed by atoms with Crippen molar-refractivity contribution in [2.75, 3.05) is 13.1 Å². The summed E-state index contributed by atoms with van der Waals surface area (Å²) in [5.74, 6) is -0.227. The third-order valence-corrected chi connectivity index (χ3v) is 7.46. The van der Waals surface area contributed by atoms with E-state index < -0.39 is 10.0 Å². The summed E-state index contributed by atoms with van der Waals surface area (Å²) >= 11 is 1.28. The van der Waals surface area contributed by atoms with Crippen LogP contribution in [0.15, 0.2) is 46.7 Å². The number of sulfonamides is 1. The Morgan fingerprint density at radius 3 is 2.57 bits per heavy atom. The van der Waals surface area contributed by atoms with Crippen molar-refractivity contribution in [1.82, 2.24) is 4.31 Å². The molecule has 2 aromatic rings. The van der Waals surface area contributed by atoms with Crippen molar-refractivity contribution in [2.45, 2.75) is 24.0 Å². The van der Waals surface area contributed by atoms with Gasteiger partial charge in [-0.1, -0.05) is 30.3 Å². The summed E-state index contributed by atoms with van der Waals surface area (Å²) in [6, 6.07) is 12.6. The average molecular weight is 349 g/mol. The number of piperidine rings is 1. The predicted octanol–water partition coefficient (Wildman–Crippen LogP) is 3.34. The summed E-state index contributed by atoms with van der Waals surface area (Å²) < 4.78 is 27.3. The minimum Gasteiger partial charge on any atom is -0.294 e. The molecule has 1 aliphatic rings. The molecule has 1 aliphatic heterocycles. The van der Waals surface area contributed by atoms with E-state index >= 15 is 0 Å². The number of hydrogen-bond acceptors (Lipinski definition) is 4. The maximum absolute atomic E-state index is 12.7. The van der Waals surface area contributed by atoms with Gasteiger partial charge in [-0.3, -0.25) is 4.79 Å². The quantitative estimate of drug-likeness (QED) is 0.796. The number of hydrogen-bond donors (Lipinski definition) is 0. The second-order valence-corrected chi connectivity index (χ2v) is 9.25. The third kappa shape index (κ3) is 3.39. The Balaban J connectivity index is 1.80. The molecule has 0 amide bonds. The molecule has 0 bridgehead atoms. The first kappa shape index (κ1) is 16.4. The Kier molecular flexibility index (Phi) is 4.66. The molecule has 2 heterocycles. The summed E-state index contributed by atoms with van der Waals surface area (Å²) in [5, 5.41) is 0. The number of carbonyl (C=O) groups is 1. The van der Waals surface area contributed by atoms with Gasteiger partial charge < -0.3 is 0 Å². The fourth-order valence-electron chi connectivity index (χ4n) is 2.89. The Morgan fingerprint density at radius 1 is 1.17 bits per heavy atom. The molecule has 1 unspecified atom stereocenters. The van der Waals surface area contributed by atoms with Crippen LogP contribution >= 0.6 is 11.3 Å². The topological polar surface area (TPSA) is 54.5 Å². The van der Waals surface area contributed by atoms with E-state index in [1.807, 2.05) is 31.2 Å². The zero-order valence-electron chi connectivity index (χ0n) is 12.9. The first-order valence-electron chi connectivity index (χ1n) is 7.64. The SMILES string of the molecule is Cc1ccc(S(=O)(=O)N2CCCC(C(=O)c3ccccc3)C2)s1. The lowest BCUT2D eigenvalue weighted by molar-refractivity contribution is 0.0872. The van der Waals surface area contributed by atoms with Gasteiger partial charge in [-0.2, -0.15) is 4.31 Å². The monoisotopic (exact) mass is 349 g/mol. The van der Waals surface area contributed by atoms with Gasteiger partial charge in [0, 0.05) is 29.4 Å². The van der Waals surface area contributed by atoms with Crippen LogP contribution < -0.4 is 0 Å². The molecule has 1 aromatic heterocycles. The van der Waals surface area contributed by atoms with E-state index in [-0.39, 0.29) is 18.2 Å². The van der Waals surface area contributed by atoms with Crippen molar-refractivity contribution in [1.29, 1.82) is 0 Å². The fourth-order valence-corrected chi connectivity index (χ4v) is 5.85. The number of carbonyl (C=O) groups excluding carboxylic acids is 1. The molecule has 1 fully saturated rings. The second-order valence-electron chi connectivity index (χ2n) is 5.80. The number of ketones is 1. The summed E-state index contributed by atoms with van der Waals surface area (Å²) in [5.41, 5.74) is 0.656. The largest absolute Gasteiger partial charge is 0.294 e. The zero-order valence-corrected chi connectivity index (χ0v) is 14.6. The number of rotatable bonds is 4. The van der Waals surface area contributed by atoms with Gasteiger partial charge in [-0.15, -0.1) is 11.3 Å². The smallest absolute Gasteiger partial charge is 0.252 e. The van der Waals surface area contributed by atoms with Crippen molar-refractivity contribution in [3.05, 3.63) is 52.9 Å². The molecule has 0 aliphatic carbocycles. The van der Waals surface area contributed by atoms with Crippen LogP contribution in [-0.4, -0.2) is 31.6 Å². The van der Waals surface area contributed by atoms with E-state index in [1.165, 1.54) is 15.6 Å². The summed E-state index contributed by atoms with van der Waals surface area (Å²) in [7, 11) is -3.49. The van der Waals surface area contributed by atoms with Crippen molar-refractivity contribution < 1.29 is 13.2 Å². The van der Waals surface area contributed by atoms with Gasteiger partial charge in [0.15, 0.2) is 5.78 Å². The van der Waals surface area contributed by atoms with Gasteiger partial charge in [0.25, 0.3) is 10.0 Å². The van der Waals surface area contributed by atoms with E-state index in [2.05, 4.69) is 0 Å². The van der Waals surface area contributed by atoms with Crippen LogP contribution in [0, 0.1) is 12.8 Å². The lowest BCUT2D eigenvalue weighted by Crippen LogP contribution is -2.42. The summed E-state index contributed by atoms with van der Waals surface area (Å²) in [6.07, 6.45) is 1.45. The Hall–Kier alpha value is -1.50. The van der Waals surface area contributed by atoms with Crippen LogP contribution in [0.25, 0.3) is 0 Å². The maximum Gasteiger partial charge on any atom is 0.252 e. The lowest BCUT2D eigenvalue weighted by Gasteiger charge is -2.30. The van der Waals surface area contributed by atoms with E-state index in [0.29, 0.717) is 22.7 Å². The molecular weight excluding hydrogens is 330 g/mol. The van der Waals surface area contributed by atoms with Crippen LogP contribution in [0.4, 0.5) is 0 Å². The molecule has 23 heavy (non-hydrogen) atoms. The molecule has 0 saturated carbocycles. The molecule has 3 rings (SSSR count). The van der Waals surface area contributed by atoms with Gasteiger partial charge in [0.1, 0.15) is 4.21 Å². The molecule has 1 saturated heterocycles. The van der Waals surface area contributed by atoms with Crippen molar-refractivity contribution in [2.24, 2.45) is 5.92 Å². The van der Waals surface area contributed by atoms with Gasteiger partial charge in [0.05, 0.1) is 0 Å². The molecule has 0 radical (unpaired) electrons. The minimum atomic E-state index is -3.49. The zero-order chi connectivity index (χ0) is 16.4. The van der Waals surface area contributed by atoms with Gasteiger partial charge >= 0.3 is 0 Å². The van der Waals surface area contributed by atoms with Crippen molar-refractivity contribution in [3.63, 3.8) is 0 Å². The number of Topliss-reactive ketones (excluding diaryl/α,β-unsaturated/α-hetero) is 1. The standard InChI is InChI=1S/C17H19NO3S2/c1-13-9-10-16(22-13)23(20,21)18-11-5-8-15(12-18)17(19)14-6-3-2-4-7-14/h2-4,6-7,9-10,15H,5,8,11-12H2,1H3. The molecule has 1 atom stereocenters. The Bertz CT molecular complexity index is 796. The van der Waals surface area contributed by atoms with E-state index in [0.717, 1.165) is 11.3 Å². The van der Waals surface area contributed by atoms with Crippen LogP contribution in [0.3, 0.4) is 0 Å². The van der Waals surface area contributed by atoms with Gasteiger partial charge in [0.2, 0.25) is 0 Å². The Morgan fingerprint density at radius 2 is 1.91 bits per heavy atom. The highest BCUT2D eigenvalue weighted by molar-refractivity contribution is 7.91. The van der Waals surface area contributed by atoms with Crippen LogP contribution in [0.2, 0.25) is 0 Å². The highest BCUT2D eigenvalue weighted by Crippen LogP contribution is 2.29. The van der Waals surface area contributed by atoms with Gasteiger partial charge in [-0.05, 0) is 31.9 Å². The van der Waals surface area contributed by atoms with Crippen LogP contribution in [0.5, 0.6) is 0 Å². The number of aryl methyl sites for hydroxylation is 1. The molecule has 4 nitrogen and oxygen atoms in total. The van der Waals surface area contributed by atoms with E-state index in [9.17, 15) is 13.2 Å². The van der Waals surface area contributed by atoms with Crippen LogP contribution in [0.1, 0.15) is 28.1 Å². The third-order valence-electron chi connectivity index (χ3n) is 4.12. The number of nitrogens with zero attached hydrogens (tertiary/aromatic N) is 1. The normalized spacial score (nSPS) is 19.6. The lowest BCUT2D eigenvalue weighted by atomic mass is 9.91. The molecular formula is C17H19NO3S2. The molecule has 6 heteroatoms. The fraction of sp³-hybridized carbons (Fsp3) is 0.353. The van der Waals surface area contributed by atoms with E-state index in [4.69, 9.17) is 0 Å². The van der Waals surface area contributed by atoms with Crippen molar-refractivity contribution >= 4 is 27.1 Å². The number of benzene rings is 1. The average Bonchev–Trinajstić information content (AvgIpc) is 3.02.